The first kappa shape index (κ1) is 32.8. The second kappa shape index (κ2) is 11.3. The van der Waals surface area contributed by atoms with Gasteiger partial charge in [0.2, 0.25) is 0 Å². The van der Waals surface area contributed by atoms with Crippen LogP contribution in [0.15, 0.2) is 152 Å². The fourth-order valence-electron chi connectivity index (χ4n) is 10.2. The van der Waals surface area contributed by atoms with Gasteiger partial charge in [-0.3, -0.25) is 0 Å². The van der Waals surface area contributed by atoms with Crippen LogP contribution in [0.3, 0.4) is 0 Å². The molecule has 0 saturated heterocycles. The number of rotatable bonds is 4. The molecule has 0 spiro atoms. The number of fused-ring (bicyclic) bond motifs is 9. The van der Waals surface area contributed by atoms with Gasteiger partial charge < -0.3 is 9.47 Å². The van der Waals surface area contributed by atoms with E-state index in [2.05, 4.69) is 210 Å². The van der Waals surface area contributed by atoms with Crippen molar-refractivity contribution in [3.05, 3.63) is 179 Å². The third-order valence-corrected chi connectivity index (χ3v) is 12.4. The number of hydrogen-bond acceptors (Lipinski definition) is 1. The lowest BCUT2D eigenvalue weighted by Gasteiger charge is -2.39. The highest BCUT2D eigenvalue weighted by Crippen LogP contribution is 2.65. The zero-order chi connectivity index (χ0) is 37.1. The smallest absolute Gasteiger partial charge is 0.0556 e. The second-order valence-electron chi connectivity index (χ2n) is 17.4. The molecule has 7 aromatic carbocycles. The summed E-state index contributed by atoms with van der Waals surface area (Å²) in [6.07, 6.45) is 0. The van der Waals surface area contributed by atoms with E-state index in [0.29, 0.717) is 0 Å². The molecule has 0 atom stereocenters. The molecular formula is C52H46N2. The molecule has 0 saturated carbocycles. The van der Waals surface area contributed by atoms with Gasteiger partial charge >= 0.3 is 0 Å². The molecule has 2 heteroatoms. The molecule has 2 nitrogen and oxygen atoms in total. The maximum Gasteiger partial charge on any atom is 0.0556 e. The van der Waals surface area contributed by atoms with Gasteiger partial charge in [0, 0.05) is 38.7 Å². The van der Waals surface area contributed by atoms with Crippen LogP contribution < -0.4 is 4.90 Å². The first-order valence-electron chi connectivity index (χ1n) is 19.4. The number of hydrogen-bond donors (Lipinski definition) is 0. The normalized spacial score (nSPS) is 14.9. The van der Waals surface area contributed by atoms with Crippen molar-refractivity contribution in [2.75, 3.05) is 4.90 Å². The molecule has 10 rings (SSSR count). The Morgan fingerprint density at radius 1 is 0.463 bits per heavy atom. The Morgan fingerprint density at radius 3 is 1.39 bits per heavy atom. The fraction of sp³-hybridized carbons (Fsp3) is 0.192. The summed E-state index contributed by atoms with van der Waals surface area (Å²) in [5, 5.41) is 2.55. The molecule has 8 aromatic rings. The lowest BCUT2D eigenvalue weighted by molar-refractivity contribution is 0.587. The first-order valence-corrected chi connectivity index (χ1v) is 19.4. The van der Waals surface area contributed by atoms with Crippen LogP contribution in [0.2, 0.25) is 0 Å². The number of anilines is 3. The van der Waals surface area contributed by atoms with Crippen LogP contribution in [0.4, 0.5) is 17.1 Å². The van der Waals surface area contributed by atoms with Crippen LogP contribution in [0.1, 0.15) is 76.3 Å². The van der Waals surface area contributed by atoms with E-state index >= 15 is 0 Å². The van der Waals surface area contributed by atoms with Crippen LogP contribution in [0.25, 0.3) is 49.7 Å². The van der Waals surface area contributed by atoms with Crippen LogP contribution in [0, 0.1) is 0 Å². The van der Waals surface area contributed by atoms with Crippen molar-refractivity contribution in [1.82, 2.24) is 4.57 Å². The molecular weight excluding hydrogens is 653 g/mol. The van der Waals surface area contributed by atoms with Gasteiger partial charge in [-0.1, -0.05) is 152 Å². The number of nitrogens with zero attached hydrogens (tertiary/aromatic N) is 2. The van der Waals surface area contributed by atoms with E-state index in [-0.39, 0.29) is 16.2 Å². The van der Waals surface area contributed by atoms with Crippen LogP contribution in [-0.4, -0.2) is 4.57 Å². The molecule has 54 heavy (non-hydrogen) atoms. The topological polar surface area (TPSA) is 8.17 Å². The Labute approximate surface area is 319 Å². The maximum atomic E-state index is 2.58. The minimum atomic E-state index is -0.239. The van der Waals surface area contributed by atoms with E-state index in [1.165, 1.54) is 77.6 Å². The quantitative estimate of drug-likeness (QED) is 0.178. The standard InChI is InChI=1S/C52H46N2/c1-50(2,3)46-44-38-23-11-15-25-40(38)51(4,5)47(44)49(48-45(46)39-24-12-16-26-41(39)52(48,6)7)53(33-19-9-8-10-20-33)34-29-31-35(32-30-34)54-42-27-17-13-21-36(42)37-22-14-18-28-43(37)54/h8-32H,1-7H3. The lowest BCUT2D eigenvalue weighted by Crippen LogP contribution is -2.27. The van der Waals surface area contributed by atoms with E-state index in [1.807, 2.05) is 0 Å². The molecule has 0 fully saturated rings. The van der Waals surface area contributed by atoms with Crippen LogP contribution >= 0.6 is 0 Å². The van der Waals surface area contributed by atoms with Gasteiger partial charge in [-0.15, -0.1) is 0 Å². The monoisotopic (exact) mass is 698 g/mol. The highest BCUT2D eigenvalue weighted by atomic mass is 15.2. The molecule has 264 valence electrons. The van der Waals surface area contributed by atoms with Crippen molar-refractivity contribution in [2.24, 2.45) is 0 Å². The molecule has 1 aromatic heterocycles. The van der Waals surface area contributed by atoms with Crippen LogP contribution in [0.5, 0.6) is 0 Å². The van der Waals surface area contributed by atoms with Gasteiger partial charge in [0.05, 0.1) is 16.7 Å². The van der Waals surface area contributed by atoms with Crippen molar-refractivity contribution in [2.45, 2.75) is 64.7 Å². The van der Waals surface area contributed by atoms with Gasteiger partial charge in [-0.25, -0.2) is 0 Å². The van der Waals surface area contributed by atoms with Crippen molar-refractivity contribution in [1.29, 1.82) is 0 Å². The molecule has 0 N–H and O–H groups in total. The van der Waals surface area contributed by atoms with Crippen molar-refractivity contribution >= 4 is 38.9 Å². The minimum Gasteiger partial charge on any atom is -0.310 e. The maximum absolute atomic E-state index is 2.58. The minimum absolute atomic E-state index is 0.102. The molecule has 1 heterocycles. The van der Waals surface area contributed by atoms with E-state index in [9.17, 15) is 0 Å². The molecule has 0 bridgehead atoms. The molecule has 0 radical (unpaired) electrons. The van der Waals surface area contributed by atoms with E-state index in [0.717, 1.165) is 17.1 Å². The Kier molecular flexibility index (Phi) is 6.87. The Hall–Kier alpha value is -5.86. The average Bonchev–Trinajstić information content (AvgIpc) is 3.72. The summed E-state index contributed by atoms with van der Waals surface area (Å²) in [5.74, 6) is 0. The zero-order valence-corrected chi connectivity index (χ0v) is 32.3. The summed E-state index contributed by atoms with van der Waals surface area (Å²) in [7, 11) is 0. The van der Waals surface area contributed by atoms with Gasteiger partial charge in [0.25, 0.3) is 0 Å². The third-order valence-electron chi connectivity index (χ3n) is 12.4. The lowest BCUT2D eigenvalue weighted by atomic mass is 9.71. The Bertz CT molecular complexity index is 2650. The summed E-state index contributed by atoms with van der Waals surface area (Å²) in [4.78, 5) is 2.58. The van der Waals surface area contributed by atoms with Crippen LogP contribution in [-0.2, 0) is 16.2 Å². The Morgan fingerprint density at radius 2 is 0.889 bits per heavy atom. The highest BCUT2D eigenvalue weighted by Gasteiger charge is 2.50. The summed E-state index contributed by atoms with van der Waals surface area (Å²) in [6.45, 7) is 17.0. The third kappa shape index (κ3) is 4.40. The van der Waals surface area contributed by atoms with Gasteiger partial charge in [-0.05, 0) is 104 Å². The predicted octanol–water partition coefficient (Wildman–Crippen LogP) is 14.2. The number of benzene rings is 7. The summed E-state index contributed by atoms with van der Waals surface area (Å²) in [6, 6.07) is 56.2. The van der Waals surface area contributed by atoms with Crippen molar-refractivity contribution < 1.29 is 0 Å². The van der Waals surface area contributed by atoms with Gasteiger partial charge in [0.15, 0.2) is 0 Å². The van der Waals surface area contributed by atoms with E-state index in [1.54, 1.807) is 0 Å². The van der Waals surface area contributed by atoms with Crippen molar-refractivity contribution in [3.63, 3.8) is 0 Å². The summed E-state index contributed by atoms with van der Waals surface area (Å²) < 4.78 is 2.41. The summed E-state index contributed by atoms with van der Waals surface area (Å²) >= 11 is 0. The molecule has 2 aliphatic rings. The second-order valence-corrected chi connectivity index (χ2v) is 17.4. The molecule has 0 amide bonds. The number of aromatic nitrogens is 1. The molecule has 0 unspecified atom stereocenters. The van der Waals surface area contributed by atoms with E-state index < -0.39 is 0 Å². The number of para-hydroxylation sites is 3. The average molecular weight is 699 g/mol. The van der Waals surface area contributed by atoms with Gasteiger partial charge in [-0.2, -0.15) is 0 Å². The first-order chi connectivity index (χ1) is 26.0. The molecule has 2 aliphatic carbocycles. The SMILES string of the molecule is CC(C)(C)c1c2c(c(N(c3ccccc3)c3ccc(-n4c5ccccc5c5ccccc54)cc3)c3c1-c1ccccc1C3(C)C)C(C)(C)c1ccccc1-2. The Balaban J connectivity index is 1.31. The fourth-order valence-corrected chi connectivity index (χ4v) is 10.2. The summed E-state index contributed by atoms with van der Waals surface area (Å²) in [5.41, 5.74) is 19.3. The molecule has 0 aliphatic heterocycles. The van der Waals surface area contributed by atoms with Gasteiger partial charge in [0.1, 0.15) is 0 Å². The highest BCUT2D eigenvalue weighted by molar-refractivity contribution is 6.09. The zero-order valence-electron chi connectivity index (χ0n) is 32.3. The van der Waals surface area contributed by atoms with E-state index in [4.69, 9.17) is 0 Å². The van der Waals surface area contributed by atoms with Crippen molar-refractivity contribution in [3.8, 4) is 27.9 Å². The largest absolute Gasteiger partial charge is 0.310 e. The predicted molar refractivity (Wildman–Crippen MR) is 229 cm³/mol.